The Kier molecular flexibility index (Phi) is 28.1. The minimum Gasteiger partial charge on any atom is -0.497 e. The molecule has 0 aliphatic rings. The highest BCUT2D eigenvalue weighted by molar-refractivity contribution is 9.09. The standard InChI is InChI=1S/C18H26O6.C11H15BrO2.C7H12O4/c1-4-23-17(19)16(18(20)24-5-2)7-6-12-22-13-14-8-10-15(21-3)11-9-14;1-13-11-5-3-10(4-6-11)9-14-8-2-7-12;1-3-10-6(8)5-7(9)11-4-2/h8-11,16H,4-7,12-13H2,1-3H3;3-6H,2,7-9H2,1H3;3-5H2,1-2H3. The van der Waals surface area contributed by atoms with E-state index in [2.05, 4.69) is 25.4 Å². The van der Waals surface area contributed by atoms with E-state index < -0.39 is 29.8 Å². The van der Waals surface area contributed by atoms with Crippen molar-refractivity contribution in [1.29, 1.82) is 0 Å². The molecule has 2 rings (SSSR count). The summed E-state index contributed by atoms with van der Waals surface area (Å²) in [6.45, 7) is 10.2. The molecule has 0 saturated carbocycles. The lowest BCUT2D eigenvalue weighted by molar-refractivity contribution is -0.162. The van der Waals surface area contributed by atoms with Crippen molar-refractivity contribution in [1.82, 2.24) is 0 Å². The van der Waals surface area contributed by atoms with Crippen LogP contribution in [-0.2, 0) is 60.8 Å². The molecule has 12 nitrogen and oxygen atoms in total. The number of hydrogen-bond donors (Lipinski definition) is 0. The number of alkyl halides is 1. The Morgan fingerprint density at radius 2 is 0.980 bits per heavy atom. The number of benzene rings is 2. The van der Waals surface area contributed by atoms with E-state index in [1.807, 2.05) is 48.5 Å². The Bertz CT molecular complexity index is 1120. The van der Waals surface area contributed by atoms with Crippen molar-refractivity contribution in [3.63, 3.8) is 0 Å². The van der Waals surface area contributed by atoms with Gasteiger partial charge in [0, 0.05) is 18.5 Å². The Balaban J connectivity index is 0.000000779. The number of ether oxygens (including phenoxy) is 8. The lowest BCUT2D eigenvalue weighted by atomic mass is 10.0. The lowest BCUT2D eigenvalue weighted by Crippen LogP contribution is -2.28. The van der Waals surface area contributed by atoms with Crippen molar-refractivity contribution >= 4 is 39.8 Å². The topological polar surface area (TPSA) is 142 Å². The predicted octanol–water partition coefficient (Wildman–Crippen LogP) is 6.23. The van der Waals surface area contributed by atoms with E-state index in [4.69, 9.17) is 28.4 Å². The second kappa shape index (κ2) is 30.4. The van der Waals surface area contributed by atoms with Gasteiger partial charge in [-0.15, -0.1) is 0 Å². The van der Waals surface area contributed by atoms with Gasteiger partial charge in [-0.1, -0.05) is 40.2 Å². The highest BCUT2D eigenvalue weighted by Crippen LogP contribution is 2.15. The monoisotopic (exact) mass is 756 g/mol. The Labute approximate surface area is 299 Å². The summed E-state index contributed by atoms with van der Waals surface area (Å²) in [5.41, 5.74) is 2.21. The first-order valence-electron chi connectivity index (χ1n) is 16.3. The molecule has 0 radical (unpaired) electrons. The van der Waals surface area contributed by atoms with Crippen molar-refractivity contribution in [2.45, 2.75) is 66.6 Å². The third-order valence-corrected chi connectivity index (χ3v) is 6.66. The largest absolute Gasteiger partial charge is 0.497 e. The maximum absolute atomic E-state index is 11.8. The molecule has 0 saturated heterocycles. The summed E-state index contributed by atoms with van der Waals surface area (Å²) in [4.78, 5) is 44.9. The summed E-state index contributed by atoms with van der Waals surface area (Å²) >= 11 is 3.36. The molecule has 276 valence electrons. The van der Waals surface area contributed by atoms with Gasteiger partial charge in [0.1, 0.15) is 17.9 Å². The average Bonchev–Trinajstić information content (AvgIpc) is 3.09. The van der Waals surface area contributed by atoms with Crippen LogP contribution in [0.25, 0.3) is 0 Å². The third-order valence-electron chi connectivity index (χ3n) is 6.10. The first-order chi connectivity index (χ1) is 23.7. The molecule has 0 heterocycles. The van der Waals surface area contributed by atoms with Crippen LogP contribution in [0, 0.1) is 5.92 Å². The smallest absolute Gasteiger partial charge is 0.320 e. The molecule has 0 aliphatic heterocycles. The molecule has 49 heavy (non-hydrogen) atoms. The quantitative estimate of drug-likeness (QED) is 0.0468. The number of carbonyl (C=O) groups is 4. The van der Waals surface area contributed by atoms with Gasteiger partial charge in [-0.05, 0) is 82.3 Å². The number of hydrogen-bond acceptors (Lipinski definition) is 12. The van der Waals surface area contributed by atoms with Gasteiger partial charge in [-0.2, -0.15) is 0 Å². The Hall–Kier alpha value is -3.68. The van der Waals surface area contributed by atoms with Crippen molar-refractivity contribution in [3.8, 4) is 11.5 Å². The molecule has 0 bridgehead atoms. The van der Waals surface area contributed by atoms with E-state index in [0.717, 1.165) is 35.4 Å². The van der Waals surface area contributed by atoms with E-state index in [0.29, 0.717) is 32.7 Å². The SMILES string of the molecule is CCOC(=O)C(CCCOCc1ccc(OC)cc1)C(=O)OCC.CCOC(=O)CC(=O)OCC.COc1ccc(COCCCBr)cc1. The molecule has 0 amide bonds. The molecule has 0 aromatic heterocycles. The van der Waals surface area contributed by atoms with Crippen LogP contribution in [0.3, 0.4) is 0 Å². The second-order valence-electron chi connectivity index (χ2n) is 9.83. The van der Waals surface area contributed by atoms with Gasteiger partial charge < -0.3 is 37.9 Å². The first kappa shape index (κ1) is 45.3. The summed E-state index contributed by atoms with van der Waals surface area (Å²) < 4.78 is 40.1. The van der Waals surface area contributed by atoms with Gasteiger partial charge in [-0.25, -0.2) is 0 Å². The highest BCUT2D eigenvalue weighted by Gasteiger charge is 2.28. The summed E-state index contributed by atoms with van der Waals surface area (Å²) in [7, 11) is 3.29. The Morgan fingerprint density at radius 3 is 1.33 bits per heavy atom. The summed E-state index contributed by atoms with van der Waals surface area (Å²) in [6.07, 6.45) is 1.68. The maximum Gasteiger partial charge on any atom is 0.320 e. The summed E-state index contributed by atoms with van der Waals surface area (Å²) in [5, 5.41) is 0.996. The average molecular weight is 758 g/mol. The van der Waals surface area contributed by atoms with E-state index in [-0.39, 0.29) is 32.8 Å². The zero-order valence-electron chi connectivity index (χ0n) is 29.7. The fourth-order valence-corrected chi connectivity index (χ4v) is 3.96. The molecule has 2 aromatic rings. The molecule has 0 atom stereocenters. The molecule has 0 spiro atoms. The minimum absolute atomic E-state index is 0.239. The van der Waals surface area contributed by atoms with Crippen LogP contribution in [0.2, 0.25) is 0 Å². The van der Waals surface area contributed by atoms with Gasteiger partial charge in [0.05, 0.1) is 53.9 Å². The molecule has 0 N–H and O–H groups in total. The second-order valence-corrected chi connectivity index (χ2v) is 10.6. The van der Waals surface area contributed by atoms with Crippen LogP contribution in [0.15, 0.2) is 48.5 Å². The third kappa shape index (κ3) is 23.3. The van der Waals surface area contributed by atoms with Crippen molar-refractivity contribution < 1.29 is 57.1 Å². The summed E-state index contributed by atoms with van der Waals surface area (Å²) in [5.74, 6) is -1.34. The fourth-order valence-electron chi connectivity index (χ4n) is 3.73. The fraction of sp³-hybridized carbons (Fsp3) is 0.556. The number of esters is 4. The van der Waals surface area contributed by atoms with E-state index >= 15 is 0 Å². The first-order valence-corrected chi connectivity index (χ1v) is 17.4. The molecule has 0 fully saturated rings. The maximum atomic E-state index is 11.8. The molecule has 0 unspecified atom stereocenters. The van der Waals surface area contributed by atoms with E-state index in [1.54, 1.807) is 41.9 Å². The Morgan fingerprint density at radius 1 is 0.592 bits per heavy atom. The van der Waals surface area contributed by atoms with Gasteiger partial charge in [0.15, 0.2) is 5.92 Å². The van der Waals surface area contributed by atoms with Crippen molar-refractivity contribution in [2.24, 2.45) is 5.92 Å². The van der Waals surface area contributed by atoms with Crippen molar-refractivity contribution in [2.75, 3.05) is 59.2 Å². The zero-order valence-corrected chi connectivity index (χ0v) is 31.3. The van der Waals surface area contributed by atoms with Gasteiger partial charge in [-0.3, -0.25) is 19.2 Å². The number of halogens is 1. The van der Waals surface area contributed by atoms with Crippen LogP contribution in [-0.4, -0.2) is 83.1 Å². The van der Waals surface area contributed by atoms with Crippen LogP contribution in [0.4, 0.5) is 0 Å². The molecular weight excluding hydrogens is 704 g/mol. The lowest BCUT2D eigenvalue weighted by Gasteiger charge is -2.14. The number of carbonyl (C=O) groups excluding carboxylic acids is 4. The van der Waals surface area contributed by atoms with Gasteiger partial charge >= 0.3 is 23.9 Å². The van der Waals surface area contributed by atoms with Gasteiger partial charge in [0.2, 0.25) is 0 Å². The molecule has 13 heteroatoms. The predicted molar refractivity (Wildman–Crippen MR) is 188 cm³/mol. The van der Waals surface area contributed by atoms with Crippen LogP contribution >= 0.6 is 15.9 Å². The summed E-state index contributed by atoms with van der Waals surface area (Å²) in [6, 6.07) is 15.5. The number of methoxy groups -OCH3 is 2. The van der Waals surface area contributed by atoms with Crippen molar-refractivity contribution in [3.05, 3.63) is 59.7 Å². The normalized spacial score (nSPS) is 10.0. The minimum atomic E-state index is -0.880. The molecular formula is C36H53BrO12. The van der Waals surface area contributed by atoms with E-state index in [9.17, 15) is 19.2 Å². The highest BCUT2D eigenvalue weighted by atomic mass is 79.9. The zero-order chi connectivity index (χ0) is 36.7. The van der Waals surface area contributed by atoms with Crippen LogP contribution in [0.1, 0.15) is 64.5 Å². The van der Waals surface area contributed by atoms with Gasteiger partial charge in [0.25, 0.3) is 0 Å². The van der Waals surface area contributed by atoms with Crippen LogP contribution in [0.5, 0.6) is 11.5 Å². The molecule has 2 aromatic carbocycles. The van der Waals surface area contributed by atoms with E-state index in [1.165, 1.54) is 5.56 Å². The molecule has 0 aliphatic carbocycles. The van der Waals surface area contributed by atoms with Crippen LogP contribution < -0.4 is 9.47 Å². The number of rotatable bonds is 21.